The largest absolute Gasteiger partial charge is 0.490 e. The topological polar surface area (TPSA) is 61.8 Å². The molecule has 2 N–H and O–H groups in total. The molecule has 1 aliphatic heterocycles. The number of piperidine rings is 1. The Morgan fingerprint density at radius 3 is 2.52 bits per heavy atom. The number of nitrogens with one attached hydrogen (secondary N) is 1. The lowest BCUT2D eigenvalue weighted by Gasteiger charge is -2.32. The molecule has 1 amide bonds. The summed E-state index contributed by atoms with van der Waals surface area (Å²) in [6, 6.07) is 18.1. The summed E-state index contributed by atoms with van der Waals surface area (Å²) in [5, 5.41) is 13.1. The van der Waals surface area contributed by atoms with Gasteiger partial charge in [-0.1, -0.05) is 48.5 Å². The average Bonchev–Trinajstić information content (AvgIpc) is 2.69. The predicted molar refractivity (Wildman–Crippen MR) is 106 cm³/mol. The van der Waals surface area contributed by atoms with Crippen molar-refractivity contribution in [2.45, 2.75) is 38.5 Å². The second-order valence-electron chi connectivity index (χ2n) is 7.14. The van der Waals surface area contributed by atoms with Crippen LogP contribution in [-0.4, -0.2) is 47.8 Å². The van der Waals surface area contributed by atoms with Crippen molar-refractivity contribution in [3.8, 4) is 5.75 Å². The number of ether oxygens (including phenoxy) is 1. The molecule has 5 nitrogen and oxygen atoms in total. The summed E-state index contributed by atoms with van der Waals surface area (Å²) >= 11 is 0. The molecular formula is C22H28N2O3. The van der Waals surface area contributed by atoms with Crippen LogP contribution in [-0.2, 0) is 11.3 Å². The van der Waals surface area contributed by atoms with Crippen LogP contribution in [0.5, 0.6) is 5.75 Å². The van der Waals surface area contributed by atoms with Gasteiger partial charge in [0.15, 0.2) is 6.10 Å². The van der Waals surface area contributed by atoms with E-state index in [-0.39, 0.29) is 18.6 Å². The molecule has 0 bridgehead atoms. The molecule has 0 spiro atoms. The van der Waals surface area contributed by atoms with Crippen LogP contribution in [0.15, 0.2) is 54.6 Å². The lowest BCUT2D eigenvalue weighted by molar-refractivity contribution is -0.131. The zero-order chi connectivity index (χ0) is 19.1. The van der Waals surface area contributed by atoms with Gasteiger partial charge < -0.3 is 15.2 Å². The van der Waals surface area contributed by atoms with Gasteiger partial charge in [-0.3, -0.25) is 9.69 Å². The van der Waals surface area contributed by atoms with E-state index in [0.29, 0.717) is 5.75 Å². The minimum atomic E-state index is -1.16. The number of carbonyl (C=O) groups excluding carboxylic acids is 1. The Balaban J connectivity index is 1.39. The second kappa shape index (κ2) is 9.53. The quantitative estimate of drug-likeness (QED) is 0.788. The third-order valence-electron chi connectivity index (χ3n) is 4.98. The van der Waals surface area contributed by atoms with E-state index < -0.39 is 6.10 Å². The number of nitrogens with zero attached hydrogens (tertiary/aromatic N) is 1. The van der Waals surface area contributed by atoms with Crippen LogP contribution in [0.2, 0.25) is 0 Å². The van der Waals surface area contributed by atoms with Crippen molar-refractivity contribution in [1.29, 1.82) is 0 Å². The maximum atomic E-state index is 12.2. The molecule has 1 unspecified atom stereocenters. The number of rotatable bonds is 7. The van der Waals surface area contributed by atoms with E-state index >= 15 is 0 Å². The van der Waals surface area contributed by atoms with Crippen molar-refractivity contribution in [3.63, 3.8) is 0 Å². The lowest BCUT2D eigenvalue weighted by Crippen LogP contribution is -2.48. The maximum absolute atomic E-state index is 12.2. The third kappa shape index (κ3) is 5.81. The number of hydrogen-bond donors (Lipinski definition) is 2. The number of hydrogen-bond acceptors (Lipinski definition) is 4. The normalized spacial score (nSPS) is 16.7. The average molecular weight is 368 g/mol. The first-order valence-corrected chi connectivity index (χ1v) is 9.55. The Labute approximate surface area is 161 Å². The maximum Gasteiger partial charge on any atom is 0.252 e. The Morgan fingerprint density at radius 2 is 1.81 bits per heavy atom. The summed E-state index contributed by atoms with van der Waals surface area (Å²) in [7, 11) is 0. The van der Waals surface area contributed by atoms with E-state index in [9.17, 15) is 9.90 Å². The highest BCUT2D eigenvalue weighted by molar-refractivity contribution is 5.80. The van der Waals surface area contributed by atoms with E-state index in [1.807, 2.05) is 37.3 Å². The fourth-order valence-corrected chi connectivity index (χ4v) is 3.34. The van der Waals surface area contributed by atoms with Crippen molar-refractivity contribution in [3.05, 3.63) is 65.7 Å². The molecule has 1 heterocycles. The fraction of sp³-hybridized carbons (Fsp3) is 0.409. The number of aryl methyl sites for hydroxylation is 1. The highest BCUT2D eigenvalue weighted by Gasteiger charge is 2.24. The van der Waals surface area contributed by atoms with E-state index in [2.05, 4.69) is 34.5 Å². The van der Waals surface area contributed by atoms with Crippen LogP contribution in [0.4, 0.5) is 0 Å². The standard InChI is InChI=1S/C22H28N2O3/c1-17-7-5-6-10-21(17)27-16-20(25)22(26)23-19-11-13-24(14-12-19)15-18-8-3-2-4-9-18/h2-10,19-20,25H,11-16H2,1H3,(H,23,26). The predicted octanol–water partition coefficient (Wildman–Crippen LogP) is 2.52. The molecule has 0 radical (unpaired) electrons. The van der Waals surface area contributed by atoms with Crippen molar-refractivity contribution in [2.24, 2.45) is 0 Å². The van der Waals surface area contributed by atoms with Gasteiger partial charge in [0.05, 0.1) is 0 Å². The van der Waals surface area contributed by atoms with E-state index in [0.717, 1.165) is 38.0 Å². The van der Waals surface area contributed by atoms with Gasteiger partial charge in [-0.2, -0.15) is 0 Å². The fourth-order valence-electron chi connectivity index (χ4n) is 3.34. The summed E-state index contributed by atoms with van der Waals surface area (Å²) in [4.78, 5) is 14.6. The third-order valence-corrected chi connectivity index (χ3v) is 4.98. The minimum absolute atomic E-state index is 0.0382. The van der Waals surface area contributed by atoms with Crippen molar-refractivity contribution >= 4 is 5.91 Å². The van der Waals surface area contributed by atoms with Crippen LogP contribution in [0.25, 0.3) is 0 Å². The van der Waals surface area contributed by atoms with Crippen LogP contribution in [0.1, 0.15) is 24.0 Å². The van der Waals surface area contributed by atoms with E-state index in [1.165, 1.54) is 5.56 Å². The first-order valence-electron chi connectivity index (χ1n) is 9.55. The van der Waals surface area contributed by atoms with Crippen LogP contribution >= 0.6 is 0 Å². The zero-order valence-electron chi connectivity index (χ0n) is 15.8. The number of aliphatic hydroxyl groups excluding tert-OH is 1. The van der Waals surface area contributed by atoms with Gasteiger partial charge in [-0.05, 0) is 37.0 Å². The summed E-state index contributed by atoms with van der Waals surface area (Å²) in [5.74, 6) is 0.337. The Hall–Kier alpha value is -2.37. The Morgan fingerprint density at radius 1 is 1.15 bits per heavy atom. The van der Waals surface area contributed by atoms with Crippen molar-refractivity contribution < 1.29 is 14.6 Å². The van der Waals surface area contributed by atoms with Crippen LogP contribution in [0.3, 0.4) is 0 Å². The van der Waals surface area contributed by atoms with Crippen LogP contribution < -0.4 is 10.1 Å². The molecule has 27 heavy (non-hydrogen) atoms. The number of benzene rings is 2. The van der Waals surface area contributed by atoms with E-state index in [1.54, 1.807) is 0 Å². The van der Waals surface area contributed by atoms with Gasteiger partial charge in [0.1, 0.15) is 12.4 Å². The minimum Gasteiger partial charge on any atom is -0.490 e. The number of aliphatic hydroxyl groups is 1. The van der Waals surface area contributed by atoms with Gasteiger partial charge >= 0.3 is 0 Å². The second-order valence-corrected chi connectivity index (χ2v) is 7.14. The van der Waals surface area contributed by atoms with Gasteiger partial charge in [0.25, 0.3) is 5.91 Å². The molecule has 144 valence electrons. The zero-order valence-corrected chi connectivity index (χ0v) is 15.8. The molecule has 3 rings (SSSR count). The summed E-state index contributed by atoms with van der Waals surface area (Å²) in [6.45, 7) is 4.72. The van der Waals surface area contributed by atoms with Gasteiger partial charge in [-0.25, -0.2) is 0 Å². The molecule has 5 heteroatoms. The first-order chi connectivity index (χ1) is 13.1. The highest BCUT2D eigenvalue weighted by atomic mass is 16.5. The lowest BCUT2D eigenvalue weighted by atomic mass is 10.0. The van der Waals surface area contributed by atoms with Crippen molar-refractivity contribution in [2.75, 3.05) is 19.7 Å². The first kappa shape index (κ1) is 19.4. The van der Waals surface area contributed by atoms with Crippen molar-refractivity contribution in [1.82, 2.24) is 10.2 Å². The number of para-hydroxylation sites is 1. The molecule has 2 aromatic rings. The molecule has 1 fully saturated rings. The number of likely N-dealkylation sites (tertiary alicyclic amines) is 1. The molecular weight excluding hydrogens is 340 g/mol. The van der Waals surface area contributed by atoms with Gasteiger partial charge in [0.2, 0.25) is 0 Å². The SMILES string of the molecule is Cc1ccccc1OCC(O)C(=O)NC1CCN(Cc2ccccc2)CC1. The molecule has 0 aromatic heterocycles. The molecule has 0 aliphatic carbocycles. The van der Waals surface area contributed by atoms with Gasteiger partial charge in [0, 0.05) is 25.7 Å². The molecule has 1 saturated heterocycles. The highest BCUT2D eigenvalue weighted by Crippen LogP contribution is 2.17. The monoisotopic (exact) mass is 368 g/mol. The summed E-state index contributed by atoms with van der Waals surface area (Å²) in [6.07, 6.45) is 0.625. The van der Waals surface area contributed by atoms with E-state index in [4.69, 9.17) is 4.74 Å². The smallest absolute Gasteiger partial charge is 0.252 e. The number of carbonyl (C=O) groups is 1. The molecule has 1 aliphatic rings. The summed E-state index contributed by atoms with van der Waals surface area (Å²) < 4.78 is 5.57. The Kier molecular flexibility index (Phi) is 6.85. The summed E-state index contributed by atoms with van der Waals surface area (Å²) in [5.41, 5.74) is 2.29. The van der Waals surface area contributed by atoms with Gasteiger partial charge in [-0.15, -0.1) is 0 Å². The number of amides is 1. The Bertz CT molecular complexity index is 727. The molecule has 0 saturated carbocycles. The molecule has 1 atom stereocenters. The molecule has 2 aromatic carbocycles. The van der Waals surface area contributed by atoms with Crippen LogP contribution in [0, 0.1) is 6.92 Å².